The third-order valence-electron chi connectivity index (χ3n) is 4.14. The van der Waals surface area contributed by atoms with Crippen molar-refractivity contribution < 1.29 is 9.32 Å². The second-order valence-corrected chi connectivity index (χ2v) is 5.85. The van der Waals surface area contributed by atoms with Crippen LogP contribution in [0.2, 0.25) is 0 Å². The predicted molar refractivity (Wildman–Crippen MR) is 88.1 cm³/mol. The van der Waals surface area contributed by atoms with Gasteiger partial charge in [0.15, 0.2) is 5.82 Å². The molecule has 1 N–H and O–H groups in total. The molecule has 3 aromatic rings. The van der Waals surface area contributed by atoms with Crippen molar-refractivity contribution >= 4 is 11.7 Å². The fourth-order valence-electron chi connectivity index (χ4n) is 3.00. The van der Waals surface area contributed by atoms with E-state index < -0.39 is 0 Å². The number of carbonyl (C=O) groups is 1. The quantitative estimate of drug-likeness (QED) is 0.786. The Labute approximate surface area is 143 Å². The molecular weight excluding hydrogens is 322 g/mol. The number of anilines is 1. The van der Waals surface area contributed by atoms with E-state index in [9.17, 15) is 4.79 Å². The smallest absolute Gasteiger partial charge is 0.322 e. The Bertz CT molecular complexity index is 874. The largest absolute Gasteiger partial charge is 0.340 e. The molecule has 1 saturated heterocycles. The molecule has 1 aliphatic rings. The summed E-state index contributed by atoms with van der Waals surface area (Å²) < 4.78 is 6.68. The van der Waals surface area contributed by atoms with Gasteiger partial charge in [-0.25, -0.2) is 9.48 Å². The van der Waals surface area contributed by atoms with Gasteiger partial charge in [-0.3, -0.25) is 0 Å². The average molecular weight is 339 g/mol. The first-order valence-electron chi connectivity index (χ1n) is 8.05. The molecule has 1 aromatic carbocycles. The SMILES string of the molecule is Cc1nc(C2CCCN2C(=O)Nc2cccc(-n3ccnn3)c2)no1. The van der Waals surface area contributed by atoms with E-state index in [0.29, 0.717) is 23.9 Å². The molecule has 2 aromatic heterocycles. The maximum atomic E-state index is 12.7. The molecule has 9 heteroatoms. The van der Waals surface area contributed by atoms with Crippen LogP contribution in [0, 0.1) is 6.92 Å². The van der Waals surface area contributed by atoms with Crippen LogP contribution in [0.4, 0.5) is 10.5 Å². The summed E-state index contributed by atoms with van der Waals surface area (Å²) in [4.78, 5) is 18.7. The van der Waals surface area contributed by atoms with Crippen LogP contribution < -0.4 is 5.32 Å². The first-order valence-corrected chi connectivity index (χ1v) is 8.05. The van der Waals surface area contributed by atoms with Crippen LogP contribution in [0.5, 0.6) is 0 Å². The molecule has 0 spiro atoms. The van der Waals surface area contributed by atoms with Gasteiger partial charge in [-0.2, -0.15) is 4.98 Å². The van der Waals surface area contributed by atoms with Gasteiger partial charge in [0, 0.05) is 19.2 Å². The van der Waals surface area contributed by atoms with Crippen LogP contribution in [0.15, 0.2) is 41.2 Å². The number of benzene rings is 1. The summed E-state index contributed by atoms with van der Waals surface area (Å²) in [6, 6.07) is 7.09. The van der Waals surface area contributed by atoms with Crippen LogP contribution in [0.25, 0.3) is 5.69 Å². The van der Waals surface area contributed by atoms with Crippen molar-refractivity contribution in [3.63, 3.8) is 0 Å². The van der Waals surface area contributed by atoms with Gasteiger partial charge < -0.3 is 14.7 Å². The molecule has 1 unspecified atom stereocenters. The standard InChI is InChI=1S/C16H17N7O2/c1-11-18-15(20-25-11)14-6-3-8-22(14)16(24)19-12-4-2-5-13(10-12)23-9-7-17-21-23/h2,4-5,7,9-10,14H,3,6,8H2,1H3,(H,19,24). The van der Waals surface area contributed by atoms with E-state index in [-0.39, 0.29) is 12.1 Å². The van der Waals surface area contributed by atoms with Crippen molar-refractivity contribution in [2.24, 2.45) is 0 Å². The van der Waals surface area contributed by atoms with E-state index in [1.165, 1.54) is 0 Å². The number of hydrogen-bond acceptors (Lipinski definition) is 6. The molecular formula is C16H17N7O2. The zero-order valence-corrected chi connectivity index (χ0v) is 13.7. The Balaban J connectivity index is 1.51. The van der Waals surface area contributed by atoms with Crippen molar-refractivity contribution in [3.8, 4) is 5.69 Å². The van der Waals surface area contributed by atoms with Crippen LogP contribution in [0.3, 0.4) is 0 Å². The van der Waals surface area contributed by atoms with Gasteiger partial charge >= 0.3 is 6.03 Å². The summed E-state index contributed by atoms with van der Waals surface area (Å²) in [7, 11) is 0. The van der Waals surface area contributed by atoms with Gasteiger partial charge in [0.25, 0.3) is 0 Å². The summed E-state index contributed by atoms with van der Waals surface area (Å²) >= 11 is 0. The van der Waals surface area contributed by atoms with E-state index in [0.717, 1.165) is 18.5 Å². The number of aryl methyl sites for hydroxylation is 1. The van der Waals surface area contributed by atoms with Crippen molar-refractivity contribution in [2.75, 3.05) is 11.9 Å². The maximum Gasteiger partial charge on any atom is 0.322 e. The van der Waals surface area contributed by atoms with Crippen molar-refractivity contribution in [3.05, 3.63) is 48.4 Å². The van der Waals surface area contributed by atoms with Crippen LogP contribution in [-0.2, 0) is 0 Å². The molecule has 9 nitrogen and oxygen atoms in total. The molecule has 128 valence electrons. The lowest BCUT2D eigenvalue weighted by Gasteiger charge is -2.22. The molecule has 1 atom stereocenters. The van der Waals surface area contributed by atoms with Gasteiger partial charge in [0.2, 0.25) is 5.89 Å². The number of rotatable bonds is 3. The average Bonchev–Trinajstić information content (AvgIpc) is 3.36. The Kier molecular flexibility index (Phi) is 3.88. The van der Waals surface area contributed by atoms with E-state index in [4.69, 9.17) is 4.52 Å². The molecule has 0 radical (unpaired) electrons. The van der Waals surface area contributed by atoms with Gasteiger partial charge in [0.05, 0.1) is 24.1 Å². The number of likely N-dealkylation sites (tertiary alicyclic amines) is 1. The number of nitrogens with zero attached hydrogens (tertiary/aromatic N) is 6. The van der Waals surface area contributed by atoms with E-state index >= 15 is 0 Å². The molecule has 25 heavy (non-hydrogen) atoms. The van der Waals surface area contributed by atoms with Crippen LogP contribution in [-0.4, -0.2) is 42.6 Å². The number of nitrogens with one attached hydrogen (secondary N) is 1. The molecule has 0 bridgehead atoms. The lowest BCUT2D eigenvalue weighted by atomic mass is 10.2. The molecule has 4 rings (SSSR count). The predicted octanol–water partition coefficient (Wildman–Crippen LogP) is 2.33. The third kappa shape index (κ3) is 3.08. The first kappa shape index (κ1) is 15.3. The van der Waals surface area contributed by atoms with E-state index in [2.05, 4.69) is 25.8 Å². The molecule has 0 saturated carbocycles. The fraction of sp³-hybridized carbons (Fsp3) is 0.312. The highest BCUT2D eigenvalue weighted by Gasteiger charge is 2.33. The van der Waals surface area contributed by atoms with Gasteiger partial charge in [0.1, 0.15) is 0 Å². The second kappa shape index (κ2) is 6.34. The fourth-order valence-corrected chi connectivity index (χ4v) is 3.00. The summed E-state index contributed by atoms with van der Waals surface area (Å²) in [5.41, 5.74) is 1.51. The minimum Gasteiger partial charge on any atom is -0.340 e. The zero-order valence-electron chi connectivity index (χ0n) is 13.7. The number of carbonyl (C=O) groups excluding carboxylic acids is 1. The normalized spacial score (nSPS) is 17.0. The highest BCUT2D eigenvalue weighted by molar-refractivity contribution is 5.90. The summed E-state index contributed by atoms with van der Waals surface area (Å²) in [5, 5.41) is 14.6. The molecule has 0 aliphatic carbocycles. The summed E-state index contributed by atoms with van der Waals surface area (Å²) in [6.07, 6.45) is 5.08. The zero-order chi connectivity index (χ0) is 17.2. The van der Waals surface area contributed by atoms with Crippen molar-refractivity contribution in [1.29, 1.82) is 0 Å². The van der Waals surface area contributed by atoms with Gasteiger partial charge in [-0.15, -0.1) is 5.10 Å². The maximum absolute atomic E-state index is 12.7. The van der Waals surface area contributed by atoms with Gasteiger partial charge in [-0.05, 0) is 31.0 Å². The summed E-state index contributed by atoms with van der Waals surface area (Å²) in [6.45, 7) is 2.40. The Morgan fingerprint density at radius 3 is 3.08 bits per heavy atom. The van der Waals surface area contributed by atoms with E-state index in [1.54, 1.807) is 28.9 Å². The Hall–Kier alpha value is -3.23. The minimum absolute atomic E-state index is 0.157. The lowest BCUT2D eigenvalue weighted by Crippen LogP contribution is -2.34. The molecule has 1 fully saturated rings. The van der Waals surface area contributed by atoms with Crippen LogP contribution >= 0.6 is 0 Å². The number of amides is 2. The van der Waals surface area contributed by atoms with Crippen LogP contribution in [0.1, 0.15) is 30.6 Å². The highest BCUT2D eigenvalue weighted by atomic mass is 16.5. The monoisotopic (exact) mass is 339 g/mol. The van der Waals surface area contributed by atoms with Crippen molar-refractivity contribution in [1.82, 2.24) is 30.0 Å². The minimum atomic E-state index is -0.180. The lowest BCUT2D eigenvalue weighted by molar-refractivity contribution is 0.204. The van der Waals surface area contributed by atoms with Crippen molar-refractivity contribution in [2.45, 2.75) is 25.8 Å². The summed E-state index contributed by atoms with van der Waals surface area (Å²) in [5.74, 6) is 1.06. The van der Waals surface area contributed by atoms with E-state index in [1.807, 2.05) is 24.3 Å². The Morgan fingerprint density at radius 2 is 2.32 bits per heavy atom. The molecule has 3 heterocycles. The second-order valence-electron chi connectivity index (χ2n) is 5.85. The first-order chi connectivity index (χ1) is 12.2. The Morgan fingerprint density at radius 1 is 1.40 bits per heavy atom. The molecule has 1 aliphatic heterocycles. The number of hydrogen-bond donors (Lipinski definition) is 1. The van der Waals surface area contributed by atoms with Gasteiger partial charge in [-0.1, -0.05) is 16.4 Å². The third-order valence-corrected chi connectivity index (χ3v) is 4.14. The topological polar surface area (TPSA) is 102 Å². The number of urea groups is 1. The highest BCUT2D eigenvalue weighted by Crippen LogP contribution is 2.30. The molecule has 2 amide bonds. The number of aromatic nitrogens is 5.